The number of hydrogen-bond donors (Lipinski definition) is 2. The molecular weight excluding hydrogens is 224 g/mol. The van der Waals surface area contributed by atoms with E-state index in [1.807, 2.05) is 42.5 Å². The fraction of sp³-hybridized carbons (Fsp3) is 0. The van der Waals surface area contributed by atoms with Gasteiger partial charge in [0.15, 0.2) is 0 Å². The van der Waals surface area contributed by atoms with Crippen LogP contribution in [-0.2, 0) is 0 Å². The number of aromatic nitrogens is 2. The number of pyridine rings is 2. The monoisotopic (exact) mass is 236 g/mol. The maximum absolute atomic E-state index is 5.81. The number of benzene rings is 1. The lowest BCUT2D eigenvalue weighted by Gasteiger charge is -2.05. The van der Waals surface area contributed by atoms with Crippen molar-refractivity contribution in [2.45, 2.75) is 0 Å². The van der Waals surface area contributed by atoms with Gasteiger partial charge in [0.25, 0.3) is 0 Å². The van der Waals surface area contributed by atoms with Gasteiger partial charge in [0.05, 0.1) is 11.2 Å². The van der Waals surface area contributed by atoms with Crippen molar-refractivity contribution in [3.8, 4) is 11.3 Å². The van der Waals surface area contributed by atoms with Crippen LogP contribution in [0.25, 0.3) is 22.2 Å². The molecule has 2 heterocycles. The lowest BCUT2D eigenvalue weighted by Crippen LogP contribution is -1.98. The molecule has 0 unspecified atom stereocenters. The summed E-state index contributed by atoms with van der Waals surface area (Å²) in [6, 6.07) is 15.6. The number of nitrogens with zero attached hydrogens (tertiary/aromatic N) is 2. The Morgan fingerprint density at radius 1 is 0.833 bits per heavy atom. The van der Waals surface area contributed by atoms with E-state index in [0.717, 1.165) is 22.2 Å². The number of nitrogen functional groups attached to an aromatic ring is 2. The number of hydrogen-bond acceptors (Lipinski definition) is 4. The molecule has 0 aliphatic carbocycles. The average molecular weight is 236 g/mol. The van der Waals surface area contributed by atoms with Crippen LogP contribution in [-0.4, -0.2) is 9.97 Å². The van der Waals surface area contributed by atoms with E-state index in [0.29, 0.717) is 11.6 Å². The van der Waals surface area contributed by atoms with E-state index in [1.54, 1.807) is 6.07 Å². The van der Waals surface area contributed by atoms with Gasteiger partial charge in [-0.1, -0.05) is 30.3 Å². The molecule has 4 N–H and O–H groups in total. The maximum atomic E-state index is 5.81. The molecule has 18 heavy (non-hydrogen) atoms. The molecule has 0 spiro atoms. The van der Waals surface area contributed by atoms with Crippen molar-refractivity contribution in [2.75, 3.05) is 11.5 Å². The quantitative estimate of drug-likeness (QED) is 0.680. The molecule has 0 aliphatic rings. The van der Waals surface area contributed by atoms with Crippen LogP contribution in [0.1, 0.15) is 0 Å². The predicted molar refractivity (Wildman–Crippen MR) is 73.8 cm³/mol. The summed E-state index contributed by atoms with van der Waals surface area (Å²) in [6.45, 7) is 0. The van der Waals surface area contributed by atoms with Gasteiger partial charge in [0, 0.05) is 17.0 Å². The van der Waals surface area contributed by atoms with Crippen molar-refractivity contribution in [3.63, 3.8) is 0 Å². The van der Waals surface area contributed by atoms with E-state index < -0.39 is 0 Å². The van der Waals surface area contributed by atoms with Crippen LogP contribution in [0.4, 0.5) is 11.6 Å². The molecule has 4 heteroatoms. The Kier molecular flexibility index (Phi) is 2.34. The first-order valence-corrected chi connectivity index (χ1v) is 5.62. The summed E-state index contributed by atoms with van der Waals surface area (Å²) in [6.07, 6.45) is 0. The summed E-state index contributed by atoms with van der Waals surface area (Å²) >= 11 is 0. The molecule has 0 aliphatic heterocycles. The van der Waals surface area contributed by atoms with Crippen LogP contribution < -0.4 is 11.5 Å². The van der Waals surface area contributed by atoms with Gasteiger partial charge in [-0.05, 0) is 12.1 Å². The molecule has 0 atom stereocenters. The summed E-state index contributed by atoms with van der Waals surface area (Å²) in [7, 11) is 0. The van der Waals surface area contributed by atoms with Crippen LogP contribution in [0.5, 0.6) is 0 Å². The predicted octanol–water partition coefficient (Wildman–Crippen LogP) is 2.46. The Labute approximate surface area is 104 Å². The molecule has 0 amide bonds. The van der Waals surface area contributed by atoms with E-state index in [1.165, 1.54) is 0 Å². The number of anilines is 2. The summed E-state index contributed by atoms with van der Waals surface area (Å²) in [5, 5.41) is 0.823. The molecular formula is C14H12N4. The number of nitrogens with two attached hydrogens (primary N) is 2. The topological polar surface area (TPSA) is 77.8 Å². The van der Waals surface area contributed by atoms with Gasteiger partial charge in [-0.25, -0.2) is 9.97 Å². The van der Waals surface area contributed by atoms with Crippen LogP contribution >= 0.6 is 0 Å². The summed E-state index contributed by atoms with van der Waals surface area (Å²) < 4.78 is 0. The molecule has 2 aromatic heterocycles. The second-order valence-corrected chi connectivity index (χ2v) is 4.06. The maximum Gasteiger partial charge on any atom is 0.135 e. The molecule has 3 rings (SSSR count). The highest BCUT2D eigenvalue weighted by Crippen LogP contribution is 2.24. The zero-order valence-corrected chi connectivity index (χ0v) is 9.67. The van der Waals surface area contributed by atoms with Crippen molar-refractivity contribution in [1.29, 1.82) is 0 Å². The van der Waals surface area contributed by atoms with Crippen molar-refractivity contribution < 1.29 is 0 Å². The van der Waals surface area contributed by atoms with Crippen molar-refractivity contribution >= 4 is 22.5 Å². The Bertz CT molecular complexity index is 708. The van der Waals surface area contributed by atoms with Crippen LogP contribution in [0.15, 0.2) is 48.5 Å². The fourth-order valence-corrected chi connectivity index (χ4v) is 1.94. The Balaban J connectivity index is 2.23. The van der Waals surface area contributed by atoms with Crippen LogP contribution in [0, 0.1) is 0 Å². The third-order valence-electron chi connectivity index (χ3n) is 2.80. The van der Waals surface area contributed by atoms with E-state index in [9.17, 15) is 0 Å². The first kappa shape index (κ1) is 10.5. The highest BCUT2D eigenvalue weighted by atomic mass is 14.9. The van der Waals surface area contributed by atoms with Crippen molar-refractivity contribution in [3.05, 3.63) is 48.5 Å². The Morgan fingerprint density at radius 2 is 1.61 bits per heavy atom. The van der Waals surface area contributed by atoms with Gasteiger partial charge in [0.1, 0.15) is 11.6 Å². The third-order valence-corrected chi connectivity index (χ3v) is 2.80. The number of fused-ring (bicyclic) bond motifs is 1. The van der Waals surface area contributed by atoms with Gasteiger partial charge < -0.3 is 11.5 Å². The van der Waals surface area contributed by atoms with Crippen LogP contribution in [0.2, 0.25) is 0 Å². The van der Waals surface area contributed by atoms with E-state index in [-0.39, 0.29) is 0 Å². The summed E-state index contributed by atoms with van der Waals surface area (Å²) in [5.74, 6) is 0.801. The molecule has 0 saturated heterocycles. The van der Waals surface area contributed by atoms with Gasteiger partial charge in [-0.2, -0.15) is 0 Å². The first-order chi connectivity index (χ1) is 8.74. The summed E-state index contributed by atoms with van der Waals surface area (Å²) in [4.78, 5) is 8.59. The summed E-state index contributed by atoms with van der Waals surface area (Å²) in [5.41, 5.74) is 14.2. The lowest BCUT2D eigenvalue weighted by atomic mass is 10.1. The van der Waals surface area contributed by atoms with E-state index >= 15 is 0 Å². The molecule has 0 bridgehead atoms. The molecule has 0 fully saturated rings. The zero-order chi connectivity index (χ0) is 12.5. The van der Waals surface area contributed by atoms with Gasteiger partial charge in [-0.3, -0.25) is 0 Å². The number of rotatable bonds is 1. The zero-order valence-electron chi connectivity index (χ0n) is 9.67. The highest BCUT2D eigenvalue weighted by molar-refractivity contribution is 5.91. The molecule has 0 saturated carbocycles. The average Bonchev–Trinajstić information content (AvgIpc) is 2.39. The van der Waals surface area contributed by atoms with Gasteiger partial charge in [-0.15, -0.1) is 0 Å². The van der Waals surface area contributed by atoms with E-state index in [4.69, 9.17) is 11.5 Å². The van der Waals surface area contributed by atoms with Crippen molar-refractivity contribution in [2.24, 2.45) is 0 Å². The van der Waals surface area contributed by atoms with Crippen LogP contribution in [0.3, 0.4) is 0 Å². The molecule has 0 radical (unpaired) electrons. The Hall–Kier alpha value is -2.62. The highest BCUT2D eigenvalue weighted by Gasteiger charge is 2.05. The van der Waals surface area contributed by atoms with E-state index in [2.05, 4.69) is 9.97 Å². The largest absolute Gasteiger partial charge is 0.384 e. The third kappa shape index (κ3) is 1.73. The minimum atomic E-state index is 0.387. The molecule has 1 aromatic carbocycles. The molecule has 3 aromatic rings. The smallest absolute Gasteiger partial charge is 0.135 e. The standard InChI is InChI=1S/C14H12N4/c15-13-8-12-10(14(16)18-13)6-7-11(17-12)9-4-2-1-3-5-9/h1-8H,(H4,15,16,18). The first-order valence-electron chi connectivity index (χ1n) is 5.62. The minimum absolute atomic E-state index is 0.387. The van der Waals surface area contributed by atoms with Gasteiger partial charge >= 0.3 is 0 Å². The van der Waals surface area contributed by atoms with Crippen molar-refractivity contribution in [1.82, 2.24) is 9.97 Å². The van der Waals surface area contributed by atoms with Gasteiger partial charge in [0.2, 0.25) is 0 Å². The second-order valence-electron chi connectivity index (χ2n) is 4.06. The molecule has 88 valence electrons. The Morgan fingerprint density at radius 3 is 2.39 bits per heavy atom. The molecule has 4 nitrogen and oxygen atoms in total. The normalized spacial score (nSPS) is 10.7. The lowest BCUT2D eigenvalue weighted by molar-refractivity contribution is 1.33. The SMILES string of the molecule is Nc1cc2nc(-c3ccccc3)ccc2c(N)n1. The second kappa shape index (κ2) is 4.00. The minimum Gasteiger partial charge on any atom is -0.384 e. The fourth-order valence-electron chi connectivity index (χ4n) is 1.94.